The van der Waals surface area contributed by atoms with Crippen molar-refractivity contribution in [2.45, 2.75) is 25.9 Å². The smallest absolute Gasteiger partial charge is 0.228 e. The van der Waals surface area contributed by atoms with Crippen LogP contribution >= 0.6 is 11.3 Å². The molecule has 2 rings (SSSR count). The predicted molar refractivity (Wildman–Crippen MR) is 76.2 cm³/mol. The Kier molecular flexibility index (Phi) is 4.46. The van der Waals surface area contributed by atoms with Crippen LogP contribution in [-0.2, 0) is 17.8 Å². The Morgan fingerprint density at radius 3 is 2.90 bits per heavy atom. The molecule has 2 aromatic rings. The number of thiazole rings is 1. The summed E-state index contributed by atoms with van der Waals surface area (Å²) in [5.41, 5.74) is 7.36. The van der Waals surface area contributed by atoms with Crippen LogP contribution in [0.1, 0.15) is 29.4 Å². The van der Waals surface area contributed by atoms with Crippen LogP contribution in [0.3, 0.4) is 0 Å². The fourth-order valence-corrected chi connectivity index (χ4v) is 2.33. The number of amides is 1. The Bertz CT molecular complexity index is 588. The molecular weight excluding hydrogens is 276 g/mol. The van der Waals surface area contributed by atoms with E-state index in [1.54, 1.807) is 23.7 Å². The van der Waals surface area contributed by atoms with Crippen molar-refractivity contribution in [3.63, 3.8) is 0 Å². The zero-order chi connectivity index (χ0) is 14.7. The lowest BCUT2D eigenvalue weighted by atomic mass is 10.3. The van der Waals surface area contributed by atoms with Crippen molar-refractivity contribution in [2.75, 3.05) is 14.1 Å². The van der Waals surface area contributed by atoms with Gasteiger partial charge in [-0.2, -0.15) is 0 Å². The van der Waals surface area contributed by atoms with E-state index >= 15 is 0 Å². The van der Waals surface area contributed by atoms with E-state index in [4.69, 9.17) is 5.73 Å². The number of nitrogens with zero attached hydrogens (tertiary/aromatic N) is 5. The molecular formula is C12H18N6OS. The van der Waals surface area contributed by atoms with E-state index in [0.717, 1.165) is 16.4 Å². The molecule has 7 nitrogen and oxygen atoms in total. The summed E-state index contributed by atoms with van der Waals surface area (Å²) >= 11 is 1.48. The lowest BCUT2D eigenvalue weighted by Gasteiger charge is -2.07. The highest BCUT2D eigenvalue weighted by molar-refractivity contribution is 7.09. The lowest BCUT2D eigenvalue weighted by Crippen LogP contribution is -2.23. The highest BCUT2D eigenvalue weighted by Gasteiger charge is 2.11. The van der Waals surface area contributed by atoms with E-state index < -0.39 is 0 Å². The third kappa shape index (κ3) is 3.61. The fraction of sp³-hybridized carbons (Fsp3) is 0.500. The second-order valence-corrected chi connectivity index (χ2v) is 5.77. The molecule has 0 fully saturated rings. The van der Waals surface area contributed by atoms with Crippen molar-refractivity contribution in [3.05, 3.63) is 28.0 Å². The van der Waals surface area contributed by atoms with Crippen molar-refractivity contribution in [1.82, 2.24) is 24.9 Å². The monoisotopic (exact) mass is 294 g/mol. The normalized spacial score (nSPS) is 12.4. The lowest BCUT2D eigenvalue weighted by molar-refractivity contribution is -0.127. The molecule has 8 heteroatoms. The third-order valence-electron chi connectivity index (χ3n) is 2.75. The summed E-state index contributed by atoms with van der Waals surface area (Å²) in [4.78, 5) is 17.6. The molecule has 1 amide bonds. The molecule has 0 radical (unpaired) electrons. The van der Waals surface area contributed by atoms with Gasteiger partial charge in [0.25, 0.3) is 0 Å². The maximum Gasteiger partial charge on any atom is 0.228 e. The van der Waals surface area contributed by atoms with E-state index in [-0.39, 0.29) is 11.9 Å². The maximum absolute atomic E-state index is 11.6. The molecule has 1 unspecified atom stereocenters. The molecule has 2 aromatic heterocycles. The molecule has 0 aliphatic heterocycles. The summed E-state index contributed by atoms with van der Waals surface area (Å²) < 4.78 is 1.70. The summed E-state index contributed by atoms with van der Waals surface area (Å²) in [7, 11) is 3.48. The number of rotatable bonds is 5. The molecule has 0 saturated heterocycles. The standard InChI is InChI=1S/C12H18N6OS/c1-8(13)10-6-18(16-15-10)5-9-7-20-11(14-9)4-12(19)17(2)3/h6-8H,4-5,13H2,1-3H3. The van der Waals surface area contributed by atoms with E-state index in [1.807, 2.05) is 18.5 Å². The van der Waals surface area contributed by atoms with Crippen LogP contribution in [0.5, 0.6) is 0 Å². The predicted octanol–water partition coefficient (Wildman–Crippen LogP) is 0.433. The summed E-state index contributed by atoms with van der Waals surface area (Å²) in [6.07, 6.45) is 2.15. The number of carbonyl (C=O) groups is 1. The van der Waals surface area contributed by atoms with Crippen molar-refractivity contribution in [2.24, 2.45) is 5.73 Å². The van der Waals surface area contributed by atoms with Gasteiger partial charge in [-0.3, -0.25) is 4.79 Å². The Hall–Kier alpha value is -1.80. The van der Waals surface area contributed by atoms with Crippen molar-refractivity contribution >= 4 is 17.2 Å². The van der Waals surface area contributed by atoms with E-state index in [1.165, 1.54) is 11.3 Å². The highest BCUT2D eigenvalue weighted by Crippen LogP contribution is 2.13. The Labute approximate surface area is 121 Å². The minimum absolute atomic E-state index is 0.0471. The number of hydrogen-bond donors (Lipinski definition) is 1. The van der Waals surface area contributed by atoms with Gasteiger partial charge in [0.15, 0.2) is 0 Å². The average Bonchev–Trinajstić information content (AvgIpc) is 2.99. The highest BCUT2D eigenvalue weighted by atomic mass is 32.1. The summed E-state index contributed by atoms with van der Waals surface area (Å²) in [5, 5.41) is 10.7. The largest absolute Gasteiger partial charge is 0.348 e. The van der Waals surface area contributed by atoms with E-state index in [2.05, 4.69) is 15.3 Å². The minimum Gasteiger partial charge on any atom is -0.348 e. The zero-order valence-corrected chi connectivity index (χ0v) is 12.6. The van der Waals surface area contributed by atoms with Gasteiger partial charge in [0.05, 0.1) is 30.6 Å². The molecule has 0 spiro atoms. The molecule has 0 bridgehead atoms. The quantitative estimate of drug-likeness (QED) is 0.864. The average molecular weight is 294 g/mol. The van der Waals surface area contributed by atoms with Gasteiger partial charge in [-0.25, -0.2) is 9.67 Å². The van der Waals surface area contributed by atoms with Crippen LogP contribution in [0.2, 0.25) is 0 Å². The first-order chi connectivity index (χ1) is 9.45. The Morgan fingerprint density at radius 1 is 1.55 bits per heavy atom. The van der Waals surface area contributed by atoms with Crippen LogP contribution in [0, 0.1) is 0 Å². The molecule has 0 aliphatic rings. The topological polar surface area (TPSA) is 89.9 Å². The van der Waals surface area contributed by atoms with Crippen molar-refractivity contribution in [1.29, 1.82) is 0 Å². The second kappa shape index (κ2) is 6.10. The van der Waals surface area contributed by atoms with Crippen LogP contribution in [0.15, 0.2) is 11.6 Å². The third-order valence-corrected chi connectivity index (χ3v) is 3.65. The molecule has 108 valence electrons. The molecule has 1 atom stereocenters. The van der Waals surface area contributed by atoms with Crippen LogP contribution < -0.4 is 5.73 Å². The molecule has 0 saturated carbocycles. The van der Waals surface area contributed by atoms with Gasteiger partial charge in [0.2, 0.25) is 5.91 Å². The number of likely N-dealkylation sites (N-methyl/N-ethyl adjacent to an activating group) is 1. The summed E-state index contributed by atoms with van der Waals surface area (Å²) in [5.74, 6) is 0.0471. The van der Waals surface area contributed by atoms with Crippen LogP contribution in [0.25, 0.3) is 0 Å². The van der Waals surface area contributed by atoms with Gasteiger partial charge < -0.3 is 10.6 Å². The molecule has 2 N–H and O–H groups in total. The molecule has 0 aromatic carbocycles. The van der Waals surface area contributed by atoms with Gasteiger partial charge in [0, 0.05) is 25.5 Å². The first-order valence-electron chi connectivity index (χ1n) is 6.24. The minimum atomic E-state index is -0.132. The van der Waals surface area contributed by atoms with Crippen molar-refractivity contribution < 1.29 is 4.79 Å². The van der Waals surface area contributed by atoms with Gasteiger partial charge >= 0.3 is 0 Å². The van der Waals surface area contributed by atoms with Gasteiger partial charge in [-0.05, 0) is 6.92 Å². The Balaban J connectivity index is 2.00. The first-order valence-corrected chi connectivity index (χ1v) is 7.12. The number of carbonyl (C=O) groups excluding carboxylic acids is 1. The SMILES string of the molecule is CC(N)c1cn(Cc2csc(CC(=O)N(C)C)n2)nn1. The summed E-state index contributed by atoms with van der Waals surface area (Å²) in [6, 6.07) is -0.132. The van der Waals surface area contributed by atoms with Gasteiger partial charge in [-0.15, -0.1) is 16.4 Å². The van der Waals surface area contributed by atoms with Gasteiger partial charge in [0.1, 0.15) is 5.01 Å². The van der Waals surface area contributed by atoms with Gasteiger partial charge in [-0.1, -0.05) is 5.21 Å². The Morgan fingerprint density at radius 2 is 2.30 bits per heavy atom. The molecule has 0 aliphatic carbocycles. The first kappa shape index (κ1) is 14.6. The van der Waals surface area contributed by atoms with E-state index in [9.17, 15) is 4.79 Å². The van der Waals surface area contributed by atoms with Crippen LogP contribution in [0.4, 0.5) is 0 Å². The molecule has 2 heterocycles. The number of nitrogens with two attached hydrogens (primary N) is 1. The fourth-order valence-electron chi connectivity index (χ4n) is 1.56. The van der Waals surface area contributed by atoms with Crippen LogP contribution in [-0.4, -0.2) is 44.9 Å². The van der Waals surface area contributed by atoms with Crippen molar-refractivity contribution in [3.8, 4) is 0 Å². The second-order valence-electron chi connectivity index (χ2n) is 4.83. The maximum atomic E-state index is 11.6. The summed E-state index contributed by atoms with van der Waals surface area (Å²) in [6.45, 7) is 2.40. The van der Waals surface area contributed by atoms with E-state index in [0.29, 0.717) is 13.0 Å². The number of aromatic nitrogens is 4. The number of hydrogen-bond acceptors (Lipinski definition) is 6. The molecule has 20 heavy (non-hydrogen) atoms. The zero-order valence-electron chi connectivity index (χ0n) is 11.8.